The highest BCUT2D eigenvalue weighted by molar-refractivity contribution is 8.17. The molecule has 3 aromatic carbocycles. The Kier molecular flexibility index (Phi) is 25.5. The van der Waals surface area contributed by atoms with Gasteiger partial charge in [-0.05, 0) is 52.5 Å². The molecule has 0 aliphatic carbocycles. The van der Waals surface area contributed by atoms with Crippen LogP contribution in [0.25, 0.3) is 0 Å². The van der Waals surface area contributed by atoms with Crippen molar-refractivity contribution >= 4 is 47.0 Å². The first kappa shape index (κ1) is 46.0. The zero-order valence-corrected chi connectivity index (χ0v) is 34.6. The number of hydrogen-bond donors (Lipinski definition) is 3. The lowest BCUT2D eigenvalue weighted by molar-refractivity contribution is -0.147. The fourth-order valence-electron chi connectivity index (χ4n) is 5.27. The van der Waals surface area contributed by atoms with Gasteiger partial charge in [0.05, 0.1) is 41.2 Å². The summed E-state index contributed by atoms with van der Waals surface area (Å²) in [7, 11) is 0. The van der Waals surface area contributed by atoms with Crippen LogP contribution in [0.15, 0.2) is 91.0 Å². The molecule has 0 amide bonds. The zero-order chi connectivity index (χ0) is 37.3. The molecule has 0 unspecified atom stereocenters. The van der Waals surface area contributed by atoms with E-state index in [9.17, 15) is 15.3 Å². The second-order valence-electron chi connectivity index (χ2n) is 11.8. The van der Waals surface area contributed by atoms with Crippen molar-refractivity contribution in [3.8, 4) is 0 Å². The molecule has 0 radical (unpaired) electrons. The van der Waals surface area contributed by atoms with Gasteiger partial charge in [0.15, 0.2) is 0 Å². The molecule has 3 aromatic rings. The van der Waals surface area contributed by atoms with Crippen molar-refractivity contribution in [1.82, 2.24) is 0 Å². The second kappa shape index (κ2) is 28.3. The summed E-state index contributed by atoms with van der Waals surface area (Å²) in [6.45, 7) is 14.1. The van der Waals surface area contributed by atoms with Gasteiger partial charge in [0.1, 0.15) is 24.4 Å². The Hall–Kier alpha value is -1.18. The van der Waals surface area contributed by atoms with Crippen LogP contribution in [-0.4, -0.2) is 84.1 Å². The number of rotatable bonds is 25. The van der Waals surface area contributed by atoms with E-state index in [1.807, 2.05) is 55.6 Å². The molecule has 3 rings (SSSR count). The zero-order valence-electron chi connectivity index (χ0n) is 31.3. The number of hydrogen-bond acceptors (Lipinski definition) is 10. The maximum atomic E-state index is 9.89. The molecule has 0 bridgehead atoms. The quantitative estimate of drug-likeness (QED) is 0.0724. The predicted molar refractivity (Wildman–Crippen MR) is 224 cm³/mol. The molecule has 0 saturated carbocycles. The first-order valence-electron chi connectivity index (χ1n) is 18.3. The molecule has 286 valence electrons. The molecule has 6 nitrogen and oxygen atoms in total. The summed E-state index contributed by atoms with van der Waals surface area (Å²) in [5.41, 5.74) is 3.50. The normalized spacial score (nSPS) is 15.1. The summed E-state index contributed by atoms with van der Waals surface area (Å²) in [5, 5.41) is 29.0. The fourth-order valence-corrected chi connectivity index (χ4v) is 10.5. The summed E-state index contributed by atoms with van der Waals surface area (Å²) >= 11 is 7.09. The summed E-state index contributed by atoms with van der Waals surface area (Å²) in [6.07, 6.45) is -1.86. The monoisotopic (exact) mass is 778 g/mol. The minimum atomic E-state index is -1.04. The standard InChI is InChI=1S/C31H40O3S2.C10H22O3S2/c1-4-28(32-22-25-16-10-7-11-17-25)29(33-23-26-18-12-8-13-19-26)30(31(35-5-2)36-6-3)34-24-27-20-14-9-15-21-27;1-4-7(11)8(12)9(13)10(14-5-2)15-6-3/h7-21,28-31H,4-6,22-24H2,1-3H3;7-13H,4-6H2,1-3H3/t28-,29+,30+;7-,8+,9+/m11/s1. The van der Waals surface area contributed by atoms with Crippen LogP contribution in [-0.2, 0) is 34.0 Å². The Morgan fingerprint density at radius 2 is 0.824 bits per heavy atom. The topological polar surface area (TPSA) is 88.4 Å². The van der Waals surface area contributed by atoms with E-state index in [1.165, 1.54) is 11.1 Å². The van der Waals surface area contributed by atoms with Crippen LogP contribution in [0.4, 0.5) is 0 Å². The fraction of sp³-hybridized carbons (Fsp3) is 0.561. The van der Waals surface area contributed by atoms with Gasteiger partial charge < -0.3 is 29.5 Å². The van der Waals surface area contributed by atoms with Crippen LogP contribution in [0.3, 0.4) is 0 Å². The first-order valence-corrected chi connectivity index (χ1v) is 22.5. The van der Waals surface area contributed by atoms with Gasteiger partial charge in [-0.3, -0.25) is 0 Å². The summed E-state index contributed by atoms with van der Waals surface area (Å²) in [6, 6.07) is 31.2. The van der Waals surface area contributed by atoms with Crippen molar-refractivity contribution < 1.29 is 29.5 Å². The Morgan fingerprint density at radius 1 is 0.451 bits per heavy atom. The molecular weight excluding hydrogens is 717 g/mol. The summed E-state index contributed by atoms with van der Waals surface area (Å²) in [4.78, 5) is 0. The number of thioether (sulfide) groups is 4. The maximum Gasteiger partial charge on any atom is 0.112 e. The third-order valence-corrected chi connectivity index (χ3v) is 13.4. The van der Waals surface area contributed by atoms with Gasteiger partial charge >= 0.3 is 0 Å². The predicted octanol–water partition coefficient (Wildman–Crippen LogP) is 9.30. The van der Waals surface area contributed by atoms with Crippen LogP contribution in [0.2, 0.25) is 0 Å². The van der Waals surface area contributed by atoms with Gasteiger partial charge in [-0.25, -0.2) is 0 Å². The molecular formula is C41H62O6S4. The molecule has 0 aromatic heterocycles. The first-order chi connectivity index (χ1) is 24.8. The molecule has 0 spiro atoms. The van der Waals surface area contributed by atoms with Crippen molar-refractivity contribution in [2.75, 3.05) is 23.0 Å². The largest absolute Gasteiger partial charge is 0.390 e. The lowest BCUT2D eigenvalue weighted by Gasteiger charge is -2.37. The second-order valence-corrected chi connectivity index (χ2v) is 18.1. The van der Waals surface area contributed by atoms with Crippen LogP contribution in [0, 0.1) is 0 Å². The molecule has 51 heavy (non-hydrogen) atoms. The number of aliphatic hydroxyl groups excluding tert-OH is 3. The molecule has 6 atom stereocenters. The van der Waals surface area contributed by atoms with Gasteiger partial charge in [0, 0.05) is 0 Å². The van der Waals surface area contributed by atoms with E-state index in [0.717, 1.165) is 35.0 Å². The van der Waals surface area contributed by atoms with Crippen molar-refractivity contribution in [3.05, 3.63) is 108 Å². The number of benzene rings is 3. The van der Waals surface area contributed by atoms with E-state index >= 15 is 0 Å². The van der Waals surface area contributed by atoms with Crippen LogP contribution in [0.1, 0.15) is 71.1 Å². The van der Waals surface area contributed by atoms with Gasteiger partial charge in [0.25, 0.3) is 0 Å². The van der Waals surface area contributed by atoms with E-state index in [2.05, 4.69) is 93.6 Å². The lowest BCUT2D eigenvalue weighted by Crippen LogP contribution is -2.46. The highest BCUT2D eigenvalue weighted by Crippen LogP contribution is 2.34. The Bertz CT molecular complexity index is 1220. The molecule has 0 fully saturated rings. The summed E-state index contributed by atoms with van der Waals surface area (Å²) in [5.74, 6) is 3.83. The highest BCUT2D eigenvalue weighted by atomic mass is 32.2. The van der Waals surface area contributed by atoms with Crippen LogP contribution < -0.4 is 0 Å². The molecule has 0 saturated heterocycles. The molecule has 0 aliphatic rings. The van der Waals surface area contributed by atoms with Crippen molar-refractivity contribution in [2.24, 2.45) is 0 Å². The van der Waals surface area contributed by atoms with E-state index in [1.54, 1.807) is 30.4 Å². The molecule has 3 N–H and O–H groups in total. The van der Waals surface area contributed by atoms with Gasteiger partial charge in [-0.15, -0.1) is 47.0 Å². The van der Waals surface area contributed by atoms with Crippen molar-refractivity contribution in [3.63, 3.8) is 0 Å². The minimum Gasteiger partial charge on any atom is -0.390 e. The molecule has 0 heterocycles. The Balaban J connectivity index is 0.000000507. The van der Waals surface area contributed by atoms with Crippen LogP contribution in [0.5, 0.6) is 0 Å². The van der Waals surface area contributed by atoms with E-state index in [4.69, 9.17) is 14.2 Å². The third-order valence-electron chi connectivity index (χ3n) is 8.00. The lowest BCUT2D eigenvalue weighted by atomic mass is 10.1. The SMILES string of the molecule is CCSC(SCC)[C@@H](O)[C@@H](O)[C@H](O)CC.CCSC(SCC)[C@@H](OCc1ccccc1)[C@@H](OCc1ccccc1)[C@@H](CC)OCc1ccccc1. The van der Waals surface area contributed by atoms with Gasteiger partial charge in [0.2, 0.25) is 0 Å². The van der Waals surface area contributed by atoms with Gasteiger partial charge in [-0.2, -0.15) is 0 Å². The highest BCUT2D eigenvalue weighted by Gasteiger charge is 2.37. The Morgan fingerprint density at radius 3 is 1.20 bits per heavy atom. The number of ether oxygens (including phenoxy) is 3. The number of aliphatic hydroxyl groups is 3. The van der Waals surface area contributed by atoms with Crippen molar-refractivity contribution in [2.45, 2.75) is 120 Å². The summed E-state index contributed by atoms with van der Waals surface area (Å²) < 4.78 is 20.2. The molecule has 0 aliphatic heterocycles. The van der Waals surface area contributed by atoms with E-state index in [-0.39, 0.29) is 27.5 Å². The average Bonchev–Trinajstić information content (AvgIpc) is 3.17. The maximum absolute atomic E-state index is 9.89. The Labute approximate surface area is 325 Å². The van der Waals surface area contributed by atoms with Gasteiger partial charge in [-0.1, -0.05) is 133 Å². The van der Waals surface area contributed by atoms with E-state index in [0.29, 0.717) is 26.2 Å². The average molecular weight is 779 g/mol. The smallest absolute Gasteiger partial charge is 0.112 e. The third kappa shape index (κ3) is 17.7. The van der Waals surface area contributed by atoms with Crippen molar-refractivity contribution in [1.29, 1.82) is 0 Å². The van der Waals surface area contributed by atoms with Crippen LogP contribution >= 0.6 is 47.0 Å². The molecule has 10 heteroatoms. The van der Waals surface area contributed by atoms with E-state index < -0.39 is 18.3 Å². The minimum absolute atomic E-state index is 0.0591.